The van der Waals surface area contributed by atoms with Gasteiger partial charge in [0.15, 0.2) is 0 Å². The molecule has 0 atom stereocenters. The Kier molecular flexibility index (Phi) is 4.45. The van der Waals surface area contributed by atoms with Crippen molar-refractivity contribution in [3.63, 3.8) is 0 Å². The van der Waals surface area contributed by atoms with Crippen LogP contribution in [0.3, 0.4) is 0 Å². The molecular weight excluding hydrogens is 238 g/mol. The smallest absolute Gasteiger partial charge is 0.223 e. The monoisotopic (exact) mass is 263 g/mol. The second-order valence-corrected chi connectivity index (χ2v) is 5.75. The fourth-order valence-corrected chi connectivity index (χ4v) is 2.71. The van der Waals surface area contributed by atoms with Crippen LogP contribution in [-0.2, 0) is 0 Å². The van der Waals surface area contributed by atoms with Crippen molar-refractivity contribution >= 4 is 17.6 Å². The molecule has 0 saturated heterocycles. The van der Waals surface area contributed by atoms with Crippen molar-refractivity contribution in [2.45, 2.75) is 46.0 Å². The highest BCUT2D eigenvalue weighted by Crippen LogP contribution is 2.35. The lowest BCUT2D eigenvalue weighted by Crippen LogP contribution is -2.29. The Bertz CT molecular complexity index is 412. The van der Waals surface area contributed by atoms with Gasteiger partial charge < -0.3 is 16.4 Å². The first-order valence-corrected chi connectivity index (χ1v) is 7.24. The van der Waals surface area contributed by atoms with E-state index in [1.807, 2.05) is 13.0 Å². The fourth-order valence-electron chi connectivity index (χ4n) is 2.71. The van der Waals surface area contributed by atoms with Crippen LogP contribution in [0, 0.1) is 5.41 Å². The van der Waals surface area contributed by atoms with Crippen molar-refractivity contribution in [1.29, 1.82) is 0 Å². The molecule has 1 aromatic rings. The number of nitrogen functional groups attached to an aromatic ring is 1. The lowest BCUT2D eigenvalue weighted by atomic mass is 9.76. The third kappa shape index (κ3) is 3.98. The van der Waals surface area contributed by atoms with Gasteiger partial charge in [-0.2, -0.15) is 9.97 Å². The SMILES string of the molecule is CCNc1cc(NCC2(C)CCCCC2)nc(N)n1. The molecule has 0 aromatic carbocycles. The Morgan fingerprint density at radius 3 is 2.42 bits per heavy atom. The van der Waals surface area contributed by atoms with E-state index in [4.69, 9.17) is 5.73 Å². The molecule has 0 bridgehead atoms. The van der Waals surface area contributed by atoms with Gasteiger partial charge in [-0.05, 0) is 25.2 Å². The number of hydrogen-bond donors (Lipinski definition) is 3. The minimum Gasteiger partial charge on any atom is -0.370 e. The first kappa shape index (κ1) is 13.9. The Balaban J connectivity index is 1.98. The summed E-state index contributed by atoms with van der Waals surface area (Å²) in [5.41, 5.74) is 6.11. The molecule has 0 unspecified atom stereocenters. The predicted octanol–water partition coefficient (Wildman–Crippen LogP) is 2.87. The molecule has 1 fully saturated rings. The zero-order valence-electron chi connectivity index (χ0n) is 12.0. The number of nitrogens with zero attached hydrogens (tertiary/aromatic N) is 2. The van der Waals surface area contributed by atoms with Gasteiger partial charge in [-0.3, -0.25) is 0 Å². The van der Waals surface area contributed by atoms with Crippen LogP contribution >= 0.6 is 0 Å². The van der Waals surface area contributed by atoms with E-state index < -0.39 is 0 Å². The minimum absolute atomic E-state index is 0.315. The molecule has 5 heteroatoms. The van der Waals surface area contributed by atoms with Gasteiger partial charge in [0.25, 0.3) is 0 Å². The van der Waals surface area contributed by atoms with E-state index in [9.17, 15) is 0 Å². The topological polar surface area (TPSA) is 75.9 Å². The van der Waals surface area contributed by atoms with Crippen molar-refractivity contribution in [2.24, 2.45) is 5.41 Å². The molecule has 1 aliphatic rings. The molecule has 0 amide bonds. The van der Waals surface area contributed by atoms with Crippen molar-refractivity contribution in [2.75, 3.05) is 29.5 Å². The third-order valence-electron chi connectivity index (χ3n) is 3.86. The normalized spacial score (nSPS) is 18.0. The lowest BCUT2D eigenvalue weighted by Gasteiger charge is -2.33. The van der Waals surface area contributed by atoms with Crippen LogP contribution in [-0.4, -0.2) is 23.1 Å². The van der Waals surface area contributed by atoms with Crippen LogP contribution in [0.15, 0.2) is 6.07 Å². The van der Waals surface area contributed by atoms with Crippen molar-refractivity contribution < 1.29 is 0 Å². The van der Waals surface area contributed by atoms with Crippen LogP contribution in [0.4, 0.5) is 17.6 Å². The number of nitrogens with one attached hydrogen (secondary N) is 2. The van der Waals surface area contributed by atoms with Gasteiger partial charge in [-0.15, -0.1) is 0 Å². The highest BCUT2D eigenvalue weighted by molar-refractivity contribution is 5.51. The Labute approximate surface area is 115 Å². The van der Waals surface area contributed by atoms with E-state index in [2.05, 4.69) is 27.5 Å². The second-order valence-electron chi connectivity index (χ2n) is 5.75. The maximum atomic E-state index is 5.73. The molecule has 106 valence electrons. The summed E-state index contributed by atoms with van der Waals surface area (Å²) in [4.78, 5) is 8.40. The maximum absolute atomic E-state index is 5.73. The quantitative estimate of drug-likeness (QED) is 0.761. The molecule has 0 spiro atoms. The van der Waals surface area contributed by atoms with Gasteiger partial charge in [-0.1, -0.05) is 26.2 Å². The summed E-state index contributed by atoms with van der Waals surface area (Å²) in [5.74, 6) is 1.91. The molecular formula is C14H25N5. The van der Waals surface area contributed by atoms with Crippen LogP contribution in [0.25, 0.3) is 0 Å². The van der Waals surface area contributed by atoms with Crippen LogP contribution in [0.1, 0.15) is 46.0 Å². The summed E-state index contributed by atoms with van der Waals surface area (Å²) in [6.45, 7) is 6.17. The maximum Gasteiger partial charge on any atom is 0.223 e. The first-order chi connectivity index (χ1) is 9.11. The third-order valence-corrected chi connectivity index (χ3v) is 3.86. The average Bonchev–Trinajstić information content (AvgIpc) is 2.37. The summed E-state index contributed by atoms with van der Waals surface area (Å²) < 4.78 is 0. The lowest BCUT2D eigenvalue weighted by molar-refractivity contribution is 0.233. The number of anilines is 3. The number of hydrogen-bond acceptors (Lipinski definition) is 5. The van der Waals surface area contributed by atoms with Crippen molar-refractivity contribution in [3.8, 4) is 0 Å². The summed E-state index contributed by atoms with van der Waals surface area (Å²) in [7, 11) is 0. The summed E-state index contributed by atoms with van der Waals surface area (Å²) in [5, 5.41) is 6.59. The zero-order valence-corrected chi connectivity index (χ0v) is 12.0. The van der Waals surface area contributed by atoms with E-state index in [0.717, 1.165) is 24.7 Å². The molecule has 19 heavy (non-hydrogen) atoms. The van der Waals surface area contributed by atoms with Gasteiger partial charge in [0.05, 0.1) is 0 Å². The van der Waals surface area contributed by atoms with E-state index in [0.29, 0.717) is 11.4 Å². The van der Waals surface area contributed by atoms with E-state index in [1.165, 1.54) is 32.1 Å². The number of nitrogens with two attached hydrogens (primary N) is 1. The van der Waals surface area contributed by atoms with Gasteiger partial charge in [0, 0.05) is 19.2 Å². The van der Waals surface area contributed by atoms with Gasteiger partial charge in [0.2, 0.25) is 5.95 Å². The molecule has 1 saturated carbocycles. The summed E-state index contributed by atoms with van der Waals surface area (Å²) in [6.07, 6.45) is 6.64. The molecule has 1 heterocycles. The molecule has 0 aliphatic heterocycles. The minimum atomic E-state index is 0.315. The van der Waals surface area contributed by atoms with Crippen molar-refractivity contribution in [1.82, 2.24) is 9.97 Å². The fraction of sp³-hybridized carbons (Fsp3) is 0.714. The second kappa shape index (κ2) is 6.08. The molecule has 2 rings (SSSR count). The van der Waals surface area contributed by atoms with Crippen molar-refractivity contribution in [3.05, 3.63) is 6.07 Å². The molecule has 1 aromatic heterocycles. The molecule has 0 radical (unpaired) electrons. The molecule has 1 aliphatic carbocycles. The Hall–Kier alpha value is -1.52. The molecule has 5 nitrogen and oxygen atoms in total. The van der Waals surface area contributed by atoms with Crippen LogP contribution in [0.2, 0.25) is 0 Å². The number of rotatable bonds is 5. The van der Waals surface area contributed by atoms with Gasteiger partial charge in [0.1, 0.15) is 11.6 Å². The highest BCUT2D eigenvalue weighted by atomic mass is 15.1. The molecule has 4 N–H and O–H groups in total. The largest absolute Gasteiger partial charge is 0.370 e. The van der Waals surface area contributed by atoms with E-state index in [-0.39, 0.29) is 0 Å². The summed E-state index contributed by atoms with van der Waals surface area (Å²) in [6, 6.07) is 1.92. The van der Waals surface area contributed by atoms with Gasteiger partial charge >= 0.3 is 0 Å². The average molecular weight is 263 g/mol. The van der Waals surface area contributed by atoms with Gasteiger partial charge in [-0.25, -0.2) is 0 Å². The van der Waals surface area contributed by atoms with Crippen LogP contribution < -0.4 is 16.4 Å². The number of aromatic nitrogens is 2. The predicted molar refractivity (Wildman–Crippen MR) is 80.3 cm³/mol. The first-order valence-electron chi connectivity index (χ1n) is 7.24. The summed E-state index contributed by atoms with van der Waals surface area (Å²) >= 11 is 0. The highest BCUT2D eigenvalue weighted by Gasteiger charge is 2.26. The standard InChI is InChI=1S/C14H25N5/c1-3-16-11-9-12(19-13(15)18-11)17-10-14(2)7-5-4-6-8-14/h9H,3-8,10H2,1-2H3,(H4,15,16,17,18,19). The Morgan fingerprint density at radius 2 is 1.79 bits per heavy atom. The zero-order chi connectivity index (χ0) is 13.7. The Morgan fingerprint density at radius 1 is 1.16 bits per heavy atom. The van der Waals surface area contributed by atoms with E-state index >= 15 is 0 Å². The van der Waals surface area contributed by atoms with E-state index in [1.54, 1.807) is 0 Å². The van der Waals surface area contributed by atoms with Crippen LogP contribution in [0.5, 0.6) is 0 Å².